The summed E-state index contributed by atoms with van der Waals surface area (Å²) in [6.45, 7) is 0. The van der Waals surface area contributed by atoms with Crippen LogP contribution in [0.1, 0.15) is 81.1 Å². The molecule has 2 aliphatic carbocycles. The minimum absolute atomic E-state index is 0.422. The number of nitrogens with zero attached hydrogens (tertiary/aromatic N) is 1. The van der Waals surface area contributed by atoms with Gasteiger partial charge in [0, 0.05) is 36.6 Å². The molecule has 3 nitrogen and oxygen atoms in total. The molecule has 98 valence electrons. The molecule has 18 heavy (non-hydrogen) atoms. The van der Waals surface area contributed by atoms with Crippen molar-refractivity contribution < 1.29 is 4.79 Å². The minimum atomic E-state index is 0.422. The number of Topliss-reactive ketones (excluding diaryl/α,β-unsaturated/α-hetero) is 1. The normalized spacial score (nSPS) is 23.4. The Hall–Kier alpha value is -1.12. The van der Waals surface area contributed by atoms with Crippen LogP contribution in [-0.2, 0) is 4.79 Å². The fraction of sp³-hybridized carbons (Fsp3) is 0.733. The fourth-order valence-electron chi connectivity index (χ4n) is 3.39. The third-order valence-corrected chi connectivity index (χ3v) is 4.59. The first-order valence-corrected chi connectivity index (χ1v) is 7.39. The Morgan fingerprint density at radius 2 is 1.72 bits per heavy atom. The van der Waals surface area contributed by atoms with Gasteiger partial charge in [0.1, 0.15) is 11.6 Å². The Morgan fingerprint density at radius 1 is 1.00 bits per heavy atom. The second kappa shape index (κ2) is 5.25. The van der Waals surface area contributed by atoms with Crippen molar-refractivity contribution >= 4 is 5.78 Å². The number of carbonyl (C=O) groups excluding carboxylic acids is 1. The lowest BCUT2D eigenvalue weighted by Crippen LogP contribution is -2.13. The molecule has 1 aromatic heterocycles. The van der Waals surface area contributed by atoms with Crippen molar-refractivity contribution in [1.29, 1.82) is 0 Å². The van der Waals surface area contributed by atoms with E-state index in [4.69, 9.17) is 0 Å². The summed E-state index contributed by atoms with van der Waals surface area (Å²) < 4.78 is 0. The average molecular weight is 246 g/mol. The maximum Gasteiger partial charge on any atom is 0.132 e. The summed E-state index contributed by atoms with van der Waals surface area (Å²) >= 11 is 0. The number of carbonyl (C=O) groups is 1. The van der Waals surface area contributed by atoms with E-state index in [1.165, 1.54) is 37.8 Å². The van der Waals surface area contributed by atoms with Gasteiger partial charge >= 0.3 is 0 Å². The molecule has 0 radical (unpaired) electrons. The smallest absolute Gasteiger partial charge is 0.132 e. The summed E-state index contributed by atoms with van der Waals surface area (Å²) in [5, 5.41) is 0. The lowest BCUT2D eigenvalue weighted by molar-refractivity contribution is -0.120. The van der Waals surface area contributed by atoms with Crippen molar-refractivity contribution in [3.63, 3.8) is 0 Å². The van der Waals surface area contributed by atoms with Crippen LogP contribution in [0, 0.1) is 0 Å². The van der Waals surface area contributed by atoms with Gasteiger partial charge in [-0.25, -0.2) is 4.98 Å². The average Bonchev–Trinajstić information content (AvgIpc) is 2.90. The summed E-state index contributed by atoms with van der Waals surface area (Å²) in [6, 6.07) is 0. The number of aromatic amines is 1. The quantitative estimate of drug-likeness (QED) is 0.865. The number of imidazole rings is 1. The van der Waals surface area contributed by atoms with Gasteiger partial charge < -0.3 is 4.98 Å². The summed E-state index contributed by atoms with van der Waals surface area (Å²) in [7, 11) is 0. The van der Waals surface area contributed by atoms with Crippen molar-refractivity contribution in [3.05, 3.63) is 17.7 Å². The highest BCUT2D eigenvalue weighted by molar-refractivity contribution is 5.79. The molecule has 1 heterocycles. The van der Waals surface area contributed by atoms with Crippen LogP contribution in [0.25, 0.3) is 0 Å². The van der Waals surface area contributed by atoms with E-state index in [1.807, 2.05) is 6.20 Å². The molecule has 1 N–H and O–H groups in total. The maximum absolute atomic E-state index is 11.3. The van der Waals surface area contributed by atoms with E-state index in [0.29, 0.717) is 17.6 Å². The Morgan fingerprint density at radius 3 is 2.44 bits per heavy atom. The highest BCUT2D eigenvalue weighted by Gasteiger charge is 2.24. The molecule has 0 atom stereocenters. The molecule has 3 rings (SSSR count). The van der Waals surface area contributed by atoms with Crippen LogP contribution >= 0.6 is 0 Å². The molecule has 0 aromatic carbocycles. The number of H-pyrrole nitrogens is 1. The Kier molecular flexibility index (Phi) is 3.48. The summed E-state index contributed by atoms with van der Waals surface area (Å²) in [5.41, 5.74) is 1.33. The lowest BCUT2D eigenvalue weighted by atomic mass is 9.87. The largest absolute Gasteiger partial charge is 0.345 e. The first-order valence-electron chi connectivity index (χ1n) is 7.39. The number of aromatic nitrogens is 2. The van der Waals surface area contributed by atoms with Gasteiger partial charge in [-0.1, -0.05) is 19.3 Å². The van der Waals surface area contributed by atoms with Crippen LogP contribution < -0.4 is 0 Å². The predicted octanol–water partition coefficient (Wildman–Crippen LogP) is 3.68. The number of hydrogen-bond donors (Lipinski definition) is 1. The molecule has 0 spiro atoms. The van der Waals surface area contributed by atoms with E-state index in [9.17, 15) is 4.79 Å². The molecule has 2 aliphatic rings. The van der Waals surface area contributed by atoms with E-state index in [-0.39, 0.29) is 0 Å². The van der Waals surface area contributed by atoms with E-state index in [2.05, 4.69) is 9.97 Å². The third kappa shape index (κ3) is 2.50. The van der Waals surface area contributed by atoms with Gasteiger partial charge in [0.15, 0.2) is 0 Å². The molecule has 0 bridgehead atoms. The Labute approximate surface area is 108 Å². The van der Waals surface area contributed by atoms with Crippen molar-refractivity contribution in [1.82, 2.24) is 9.97 Å². The molecule has 2 fully saturated rings. The van der Waals surface area contributed by atoms with Crippen LogP contribution in [0.15, 0.2) is 6.20 Å². The molecule has 3 heteroatoms. The van der Waals surface area contributed by atoms with Crippen molar-refractivity contribution in [2.45, 2.75) is 69.6 Å². The zero-order valence-electron chi connectivity index (χ0n) is 11.0. The number of nitrogens with one attached hydrogen (secondary N) is 1. The summed E-state index contributed by atoms with van der Waals surface area (Å²) in [6.07, 6.45) is 12.2. The number of hydrogen-bond acceptors (Lipinski definition) is 2. The van der Waals surface area contributed by atoms with Gasteiger partial charge in [0.25, 0.3) is 0 Å². The molecule has 0 unspecified atom stereocenters. The van der Waals surface area contributed by atoms with Gasteiger partial charge in [-0.15, -0.1) is 0 Å². The third-order valence-electron chi connectivity index (χ3n) is 4.59. The van der Waals surface area contributed by atoms with Crippen LogP contribution in [0.2, 0.25) is 0 Å². The Balaban J connectivity index is 1.67. The zero-order valence-corrected chi connectivity index (χ0v) is 11.0. The first-order chi connectivity index (χ1) is 8.83. The van der Waals surface area contributed by atoms with Gasteiger partial charge in [0.05, 0.1) is 0 Å². The van der Waals surface area contributed by atoms with Crippen LogP contribution in [0.3, 0.4) is 0 Å². The van der Waals surface area contributed by atoms with E-state index >= 15 is 0 Å². The van der Waals surface area contributed by atoms with Crippen LogP contribution in [0.4, 0.5) is 0 Å². The highest BCUT2D eigenvalue weighted by Crippen LogP contribution is 2.34. The van der Waals surface area contributed by atoms with Gasteiger partial charge in [-0.2, -0.15) is 0 Å². The van der Waals surface area contributed by atoms with Crippen LogP contribution in [-0.4, -0.2) is 15.8 Å². The van der Waals surface area contributed by atoms with Gasteiger partial charge in [0.2, 0.25) is 0 Å². The van der Waals surface area contributed by atoms with Crippen molar-refractivity contribution in [2.24, 2.45) is 0 Å². The second-order valence-corrected chi connectivity index (χ2v) is 5.87. The minimum Gasteiger partial charge on any atom is -0.345 e. The van der Waals surface area contributed by atoms with Gasteiger partial charge in [-0.3, -0.25) is 4.79 Å². The Bertz CT molecular complexity index is 408. The van der Waals surface area contributed by atoms with E-state index in [0.717, 1.165) is 31.5 Å². The molecule has 2 saturated carbocycles. The SMILES string of the molecule is O=C1CCC(c2ncc(C3CCCCC3)[nH]2)CC1. The van der Waals surface area contributed by atoms with Crippen molar-refractivity contribution in [2.75, 3.05) is 0 Å². The second-order valence-electron chi connectivity index (χ2n) is 5.87. The zero-order chi connectivity index (χ0) is 12.4. The first kappa shape index (κ1) is 11.9. The summed E-state index contributed by atoms with van der Waals surface area (Å²) in [4.78, 5) is 19.4. The fourth-order valence-corrected chi connectivity index (χ4v) is 3.39. The van der Waals surface area contributed by atoms with E-state index in [1.54, 1.807) is 0 Å². The molecule has 0 saturated heterocycles. The maximum atomic E-state index is 11.3. The topological polar surface area (TPSA) is 45.8 Å². The van der Waals surface area contributed by atoms with Crippen molar-refractivity contribution in [3.8, 4) is 0 Å². The predicted molar refractivity (Wildman–Crippen MR) is 70.6 cm³/mol. The molecular weight excluding hydrogens is 224 g/mol. The molecule has 0 aliphatic heterocycles. The molecule has 1 aromatic rings. The van der Waals surface area contributed by atoms with E-state index < -0.39 is 0 Å². The molecule has 0 amide bonds. The monoisotopic (exact) mass is 246 g/mol. The summed E-state index contributed by atoms with van der Waals surface area (Å²) in [5.74, 6) is 2.73. The number of rotatable bonds is 2. The highest BCUT2D eigenvalue weighted by atomic mass is 16.1. The number of ketones is 1. The standard InChI is InChI=1S/C15H22N2O/c18-13-8-6-12(7-9-13)15-16-10-14(17-15)11-4-2-1-3-5-11/h10-12H,1-9H2,(H,16,17). The lowest BCUT2D eigenvalue weighted by Gasteiger charge is -2.21. The van der Waals surface area contributed by atoms with Crippen LogP contribution in [0.5, 0.6) is 0 Å². The van der Waals surface area contributed by atoms with Gasteiger partial charge in [-0.05, 0) is 25.7 Å². The molecular formula is C15H22N2O.